The predicted molar refractivity (Wildman–Crippen MR) is 133 cm³/mol. The van der Waals surface area contributed by atoms with Crippen LogP contribution in [0.3, 0.4) is 0 Å². The van der Waals surface area contributed by atoms with Gasteiger partial charge in [-0.15, -0.1) is 0 Å². The molecule has 3 fully saturated rings. The number of aliphatic hydroxyl groups excluding tert-OH is 1. The number of carbonyl (C=O) groups excluding carboxylic acids is 4. The Kier molecular flexibility index (Phi) is 7.27. The Balaban J connectivity index is 2.10. The van der Waals surface area contributed by atoms with Crippen molar-refractivity contribution in [3.63, 3.8) is 0 Å². The molecular formula is C28H38O11. The van der Waals surface area contributed by atoms with Crippen LogP contribution in [0.2, 0.25) is 0 Å². The molecule has 0 amide bonds. The predicted octanol–water partition coefficient (Wildman–Crippen LogP) is 1.73. The van der Waals surface area contributed by atoms with Gasteiger partial charge >= 0.3 is 23.9 Å². The van der Waals surface area contributed by atoms with Crippen LogP contribution in [0, 0.1) is 22.7 Å². The molecule has 0 bridgehead atoms. The minimum Gasteiger partial charge on any atom is -0.462 e. The summed E-state index contributed by atoms with van der Waals surface area (Å²) in [6.45, 7) is 14.2. The van der Waals surface area contributed by atoms with Gasteiger partial charge in [0.1, 0.15) is 29.7 Å². The zero-order valence-corrected chi connectivity index (χ0v) is 23.4. The van der Waals surface area contributed by atoms with Crippen LogP contribution in [0.15, 0.2) is 23.5 Å². The van der Waals surface area contributed by atoms with E-state index in [0.717, 1.165) is 0 Å². The summed E-state index contributed by atoms with van der Waals surface area (Å²) < 4.78 is 29.6. The van der Waals surface area contributed by atoms with Crippen LogP contribution in [-0.2, 0) is 42.9 Å². The lowest BCUT2D eigenvalue weighted by atomic mass is 9.53. The zero-order chi connectivity index (χ0) is 29.2. The first-order chi connectivity index (χ1) is 18.0. The van der Waals surface area contributed by atoms with Crippen LogP contribution in [0.5, 0.6) is 0 Å². The van der Waals surface area contributed by atoms with Gasteiger partial charge in [0.25, 0.3) is 0 Å². The molecule has 4 aliphatic rings. The Morgan fingerprint density at radius 1 is 0.974 bits per heavy atom. The molecular weight excluding hydrogens is 512 g/mol. The van der Waals surface area contributed by atoms with E-state index in [1.807, 2.05) is 0 Å². The third-order valence-electron chi connectivity index (χ3n) is 9.34. The van der Waals surface area contributed by atoms with Crippen molar-refractivity contribution in [1.29, 1.82) is 0 Å². The maximum atomic E-state index is 12.6. The molecule has 1 saturated heterocycles. The summed E-state index contributed by atoms with van der Waals surface area (Å²) >= 11 is 0. The molecule has 0 aromatic carbocycles. The van der Waals surface area contributed by atoms with Crippen LogP contribution in [0.25, 0.3) is 0 Å². The smallest absolute Gasteiger partial charge is 0.307 e. The molecule has 1 heterocycles. The molecule has 0 aromatic rings. The highest BCUT2D eigenvalue weighted by atomic mass is 16.6. The van der Waals surface area contributed by atoms with Crippen molar-refractivity contribution in [2.24, 2.45) is 22.7 Å². The highest BCUT2D eigenvalue weighted by Gasteiger charge is 2.78. The van der Waals surface area contributed by atoms with E-state index in [0.29, 0.717) is 16.9 Å². The van der Waals surface area contributed by atoms with E-state index in [1.54, 1.807) is 20.8 Å². The quantitative estimate of drug-likeness (QED) is 0.292. The van der Waals surface area contributed by atoms with Gasteiger partial charge in [0.2, 0.25) is 0 Å². The van der Waals surface area contributed by atoms with Crippen molar-refractivity contribution in [2.75, 3.05) is 6.61 Å². The summed E-state index contributed by atoms with van der Waals surface area (Å²) in [5.41, 5.74) is -3.16. The van der Waals surface area contributed by atoms with Crippen molar-refractivity contribution >= 4 is 23.9 Å². The number of allylic oxidation sites excluding steroid dienone is 1. The van der Waals surface area contributed by atoms with E-state index in [4.69, 9.17) is 23.7 Å². The second-order valence-electron chi connectivity index (χ2n) is 11.7. The van der Waals surface area contributed by atoms with Crippen LogP contribution in [0.1, 0.15) is 61.3 Å². The first kappa shape index (κ1) is 29.2. The number of hydrogen-bond donors (Lipinski definition) is 2. The Hall–Kier alpha value is -2.76. The number of esters is 4. The number of aliphatic hydroxyl groups is 2. The number of carbonyl (C=O) groups is 4. The largest absolute Gasteiger partial charge is 0.462 e. The minimum atomic E-state index is -1.83. The summed E-state index contributed by atoms with van der Waals surface area (Å²) in [6.07, 6.45) is -5.75. The highest BCUT2D eigenvalue weighted by molar-refractivity contribution is 5.69. The number of fused-ring (bicyclic) bond motifs is 2. The van der Waals surface area contributed by atoms with Crippen LogP contribution in [-0.4, -0.2) is 76.8 Å². The molecule has 2 N–H and O–H groups in total. The fourth-order valence-corrected chi connectivity index (χ4v) is 7.95. The molecule has 11 heteroatoms. The van der Waals surface area contributed by atoms with Crippen LogP contribution >= 0.6 is 0 Å². The second-order valence-corrected chi connectivity index (χ2v) is 11.7. The molecule has 216 valence electrons. The second kappa shape index (κ2) is 9.71. The average molecular weight is 551 g/mol. The summed E-state index contributed by atoms with van der Waals surface area (Å²) in [7, 11) is 0. The van der Waals surface area contributed by atoms with Gasteiger partial charge in [-0.05, 0) is 19.4 Å². The lowest BCUT2D eigenvalue weighted by molar-refractivity contribution is -0.249. The van der Waals surface area contributed by atoms with Crippen molar-refractivity contribution in [3.05, 3.63) is 23.5 Å². The highest BCUT2D eigenvalue weighted by Crippen LogP contribution is 2.69. The lowest BCUT2D eigenvalue weighted by Gasteiger charge is -2.56. The SMILES string of the molecule is C=C(C)[C@]12CC(OC(C)=O)=C(C)C1[C@@H](OC(C)=O)[C@H](OC(C)=O)[C@]1(C)[C@@H](OC(C)=O)C[C@H](O)[C@@]3(O)CO[C@H]2[C@H]31. The maximum absolute atomic E-state index is 12.6. The molecule has 4 rings (SSSR count). The van der Waals surface area contributed by atoms with Crippen molar-refractivity contribution < 1.29 is 53.1 Å². The third kappa shape index (κ3) is 4.20. The van der Waals surface area contributed by atoms with Gasteiger partial charge in [0.15, 0.2) is 0 Å². The molecule has 1 aliphatic heterocycles. The fourth-order valence-electron chi connectivity index (χ4n) is 7.95. The molecule has 3 aliphatic carbocycles. The molecule has 0 aromatic heterocycles. The van der Waals surface area contributed by atoms with E-state index in [-0.39, 0.29) is 19.4 Å². The normalized spacial score (nSPS) is 42.5. The van der Waals surface area contributed by atoms with Crippen LogP contribution < -0.4 is 0 Å². The third-order valence-corrected chi connectivity index (χ3v) is 9.34. The van der Waals surface area contributed by atoms with Gasteiger partial charge in [-0.2, -0.15) is 0 Å². The Morgan fingerprint density at radius 3 is 2.08 bits per heavy atom. The van der Waals surface area contributed by atoms with E-state index in [1.165, 1.54) is 27.7 Å². The summed E-state index contributed by atoms with van der Waals surface area (Å²) in [6, 6.07) is 0. The van der Waals surface area contributed by atoms with Crippen LogP contribution in [0.4, 0.5) is 0 Å². The molecule has 11 nitrogen and oxygen atoms in total. The monoisotopic (exact) mass is 550 g/mol. The van der Waals surface area contributed by atoms with Crippen molar-refractivity contribution in [1.82, 2.24) is 0 Å². The summed E-state index contributed by atoms with van der Waals surface area (Å²) in [4.78, 5) is 49.5. The number of hydrogen-bond acceptors (Lipinski definition) is 11. The molecule has 39 heavy (non-hydrogen) atoms. The van der Waals surface area contributed by atoms with Gasteiger partial charge in [-0.25, -0.2) is 0 Å². The molecule has 10 atom stereocenters. The standard InChI is InChI=1S/C28H38O11/c1-12(2)27-10-18(36-14(4)29)13(3)21(27)22(38-16(6)31)24(39-17(7)32)26(8)20(37-15(5)30)9-19(33)28(34)11-35-25(27)23(26)28/h19-25,33-34H,1,9-11H2,2-8H3/t19-,20-,21?,22+,23-,24-,25-,26+,27+,28-/m0/s1. The van der Waals surface area contributed by atoms with E-state index < -0.39 is 82.7 Å². The number of rotatable bonds is 5. The van der Waals surface area contributed by atoms with E-state index >= 15 is 0 Å². The van der Waals surface area contributed by atoms with Crippen molar-refractivity contribution in [2.45, 2.75) is 97.4 Å². The first-order valence-electron chi connectivity index (χ1n) is 13.1. The zero-order valence-electron chi connectivity index (χ0n) is 23.4. The fraction of sp³-hybridized carbons (Fsp3) is 0.714. The van der Waals surface area contributed by atoms with Gasteiger partial charge in [-0.3, -0.25) is 19.2 Å². The van der Waals surface area contributed by atoms with Gasteiger partial charge in [0.05, 0.1) is 24.2 Å². The van der Waals surface area contributed by atoms with Gasteiger partial charge in [-0.1, -0.05) is 19.1 Å². The molecule has 0 spiro atoms. The topological polar surface area (TPSA) is 155 Å². The molecule has 1 unspecified atom stereocenters. The summed E-state index contributed by atoms with van der Waals surface area (Å²) in [5.74, 6) is -3.93. The Bertz CT molecular complexity index is 1140. The molecule has 2 saturated carbocycles. The number of ether oxygens (including phenoxy) is 5. The summed E-state index contributed by atoms with van der Waals surface area (Å²) in [5, 5.41) is 23.3. The van der Waals surface area contributed by atoms with Gasteiger partial charge < -0.3 is 33.9 Å². The lowest BCUT2D eigenvalue weighted by Crippen LogP contribution is -2.69. The minimum absolute atomic E-state index is 0.116. The van der Waals surface area contributed by atoms with Gasteiger partial charge in [0, 0.05) is 57.8 Å². The van der Waals surface area contributed by atoms with E-state index in [9.17, 15) is 29.4 Å². The maximum Gasteiger partial charge on any atom is 0.307 e. The Labute approximate surface area is 227 Å². The first-order valence-corrected chi connectivity index (χ1v) is 13.1. The van der Waals surface area contributed by atoms with E-state index in [2.05, 4.69) is 6.58 Å². The van der Waals surface area contributed by atoms with Crippen molar-refractivity contribution in [3.8, 4) is 0 Å². The molecule has 0 radical (unpaired) electrons. The Morgan fingerprint density at radius 2 is 1.56 bits per heavy atom. The average Bonchev–Trinajstić information content (AvgIpc) is 3.28.